The summed E-state index contributed by atoms with van der Waals surface area (Å²) in [5, 5.41) is 2.29. The number of hydrogen-bond acceptors (Lipinski definition) is 7. The lowest BCUT2D eigenvalue weighted by atomic mass is 10.0. The van der Waals surface area contributed by atoms with E-state index in [-0.39, 0.29) is 23.8 Å². The molecule has 0 bridgehead atoms. The molecule has 0 unspecified atom stereocenters. The van der Waals surface area contributed by atoms with Crippen molar-refractivity contribution in [3.8, 4) is 11.3 Å². The lowest BCUT2D eigenvalue weighted by Gasteiger charge is -2.20. The van der Waals surface area contributed by atoms with Crippen LogP contribution in [0.25, 0.3) is 11.3 Å². The van der Waals surface area contributed by atoms with Gasteiger partial charge < -0.3 is 4.74 Å². The molecule has 1 atom stereocenters. The number of cyclic esters (lactones) is 1. The second-order valence-electron chi connectivity index (χ2n) is 7.29. The number of esters is 1. The molecule has 32 heavy (non-hydrogen) atoms. The second-order valence-corrected chi connectivity index (χ2v) is 10.1. The number of carbonyl (C=O) groups excluding carboxylic acids is 2. The molecule has 0 N–H and O–H groups in total. The summed E-state index contributed by atoms with van der Waals surface area (Å²) in [6.45, 7) is 3.98. The highest BCUT2D eigenvalue weighted by atomic mass is 32.2. The topological polar surface area (TPSA) is 93.6 Å². The average molecular weight is 469 g/mol. The third kappa shape index (κ3) is 4.35. The zero-order chi connectivity index (χ0) is 22.9. The van der Waals surface area contributed by atoms with Gasteiger partial charge in [0, 0.05) is 29.3 Å². The molecule has 0 spiro atoms. The summed E-state index contributed by atoms with van der Waals surface area (Å²) < 4.78 is 28.7. The summed E-state index contributed by atoms with van der Waals surface area (Å²) in [6.07, 6.45) is 2.12. The Kier molecular flexibility index (Phi) is 5.94. The van der Waals surface area contributed by atoms with E-state index in [9.17, 15) is 18.0 Å². The van der Waals surface area contributed by atoms with E-state index < -0.39 is 21.9 Å². The number of anilines is 1. The van der Waals surface area contributed by atoms with Crippen LogP contribution in [0.4, 0.5) is 5.13 Å². The van der Waals surface area contributed by atoms with Gasteiger partial charge in [-0.3, -0.25) is 9.69 Å². The van der Waals surface area contributed by atoms with Gasteiger partial charge in [0.1, 0.15) is 6.10 Å². The van der Waals surface area contributed by atoms with Gasteiger partial charge in [0.25, 0.3) is 0 Å². The molecule has 1 aliphatic heterocycles. The fourth-order valence-electron chi connectivity index (χ4n) is 3.45. The standard InChI is InChI=1S/C23H20N2O5S2/c1-3-12-25(21(26)13-20-17-6-4-5-7-18(17)22(27)30-20)23-24-19(14-31-23)15-8-10-16(11-9-15)32(2,28)29/h3-11,14,20H,1,12-13H2,2H3/t20-/m0/s1. The third-order valence-corrected chi connectivity index (χ3v) is 7.04. The number of carbonyl (C=O) groups is 2. The van der Waals surface area contributed by atoms with Crippen molar-refractivity contribution in [2.75, 3.05) is 17.7 Å². The quantitative estimate of drug-likeness (QED) is 0.384. The van der Waals surface area contributed by atoms with Crippen molar-refractivity contribution in [1.29, 1.82) is 0 Å². The summed E-state index contributed by atoms with van der Waals surface area (Å²) in [5.74, 6) is -0.671. The van der Waals surface area contributed by atoms with Crippen LogP contribution in [0.1, 0.15) is 28.4 Å². The Bertz CT molecular complexity index is 1300. The van der Waals surface area contributed by atoms with Gasteiger partial charge >= 0.3 is 5.97 Å². The van der Waals surface area contributed by atoms with Gasteiger partial charge in [0.15, 0.2) is 15.0 Å². The largest absolute Gasteiger partial charge is 0.453 e. The number of hydrogen-bond donors (Lipinski definition) is 0. The van der Waals surface area contributed by atoms with E-state index >= 15 is 0 Å². The Morgan fingerprint density at radius 3 is 2.62 bits per heavy atom. The van der Waals surface area contributed by atoms with Crippen LogP contribution in [0.15, 0.2) is 71.5 Å². The first-order chi connectivity index (χ1) is 15.3. The van der Waals surface area contributed by atoms with Gasteiger partial charge in [-0.05, 0) is 18.2 Å². The monoisotopic (exact) mass is 468 g/mol. The Hall–Kier alpha value is -3.30. The predicted molar refractivity (Wildman–Crippen MR) is 122 cm³/mol. The van der Waals surface area contributed by atoms with Crippen LogP contribution in [0.2, 0.25) is 0 Å². The third-order valence-electron chi connectivity index (χ3n) is 5.05. The van der Waals surface area contributed by atoms with Gasteiger partial charge in [0.2, 0.25) is 5.91 Å². The summed E-state index contributed by atoms with van der Waals surface area (Å²) in [7, 11) is -3.28. The van der Waals surface area contributed by atoms with E-state index in [1.54, 1.807) is 41.8 Å². The van der Waals surface area contributed by atoms with Crippen LogP contribution in [0, 0.1) is 0 Å². The Morgan fingerprint density at radius 2 is 1.94 bits per heavy atom. The first-order valence-corrected chi connectivity index (χ1v) is 12.5. The molecule has 7 nitrogen and oxygen atoms in total. The highest BCUT2D eigenvalue weighted by molar-refractivity contribution is 7.90. The molecule has 9 heteroatoms. The maximum atomic E-state index is 13.1. The summed E-state index contributed by atoms with van der Waals surface area (Å²) in [5.41, 5.74) is 2.55. The highest BCUT2D eigenvalue weighted by Gasteiger charge is 2.33. The molecule has 3 aromatic rings. The van der Waals surface area contributed by atoms with Crippen LogP contribution in [-0.4, -0.2) is 38.1 Å². The van der Waals surface area contributed by atoms with Gasteiger partial charge in [-0.15, -0.1) is 17.9 Å². The minimum Gasteiger partial charge on any atom is -0.453 e. The fourth-order valence-corrected chi connectivity index (χ4v) is 4.94. The van der Waals surface area contributed by atoms with E-state index in [0.717, 1.165) is 11.8 Å². The molecule has 2 aromatic carbocycles. The number of ether oxygens (including phenoxy) is 1. The van der Waals surface area contributed by atoms with Gasteiger partial charge in [0.05, 0.1) is 22.6 Å². The number of nitrogens with zero attached hydrogens (tertiary/aromatic N) is 2. The normalized spacial score (nSPS) is 15.2. The van der Waals surface area contributed by atoms with Crippen molar-refractivity contribution in [1.82, 2.24) is 4.98 Å². The van der Waals surface area contributed by atoms with Crippen molar-refractivity contribution in [3.05, 3.63) is 77.7 Å². The number of fused-ring (bicyclic) bond motifs is 1. The molecular weight excluding hydrogens is 448 g/mol. The Balaban J connectivity index is 1.55. The molecule has 1 amide bonds. The number of amides is 1. The molecule has 0 aliphatic carbocycles. The van der Waals surface area contributed by atoms with Gasteiger partial charge in [-0.1, -0.05) is 36.4 Å². The van der Waals surface area contributed by atoms with Crippen molar-refractivity contribution in [2.45, 2.75) is 17.4 Å². The summed E-state index contributed by atoms with van der Waals surface area (Å²) in [4.78, 5) is 31.4. The van der Waals surface area contributed by atoms with E-state index in [4.69, 9.17) is 4.74 Å². The molecule has 4 rings (SSSR count). The molecule has 1 aliphatic rings. The Morgan fingerprint density at radius 1 is 1.22 bits per heavy atom. The van der Waals surface area contributed by atoms with E-state index in [2.05, 4.69) is 11.6 Å². The minimum atomic E-state index is -3.28. The smallest absolute Gasteiger partial charge is 0.339 e. The average Bonchev–Trinajstić information content (AvgIpc) is 3.37. The summed E-state index contributed by atoms with van der Waals surface area (Å²) in [6, 6.07) is 13.5. The number of rotatable bonds is 7. The van der Waals surface area contributed by atoms with E-state index in [1.165, 1.54) is 28.4 Å². The first kappa shape index (κ1) is 21.9. The number of benzene rings is 2. The van der Waals surface area contributed by atoms with Gasteiger partial charge in [-0.2, -0.15) is 0 Å². The maximum Gasteiger partial charge on any atom is 0.339 e. The van der Waals surface area contributed by atoms with E-state index in [0.29, 0.717) is 22.0 Å². The maximum absolute atomic E-state index is 13.1. The molecule has 0 radical (unpaired) electrons. The van der Waals surface area contributed by atoms with Crippen molar-refractivity contribution in [3.63, 3.8) is 0 Å². The van der Waals surface area contributed by atoms with Crippen LogP contribution in [-0.2, 0) is 19.4 Å². The molecule has 1 aromatic heterocycles. The summed E-state index contributed by atoms with van der Waals surface area (Å²) >= 11 is 1.29. The predicted octanol–water partition coefficient (Wildman–Crippen LogP) is 4.03. The molecule has 0 saturated carbocycles. The van der Waals surface area contributed by atoms with Crippen LogP contribution >= 0.6 is 11.3 Å². The van der Waals surface area contributed by atoms with Crippen LogP contribution < -0.4 is 4.90 Å². The van der Waals surface area contributed by atoms with Crippen molar-refractivity contribution in [2.24, 2.45) is 0 Å². The first-order valence-electron chi connectivity index (χ1n) is 9.75. The van der Waals surface area contributed by atoms with Gasteiger partial charge in [-0.25, -0.2) is 18.2 Å². The zero-order valence-electron chi connectivity index (χ0n) is 17.2. The minimum absolute atomic E-state index is 0.00539. The van der Waals surface area contributed by atoms with E-state index in [1.807, 2.05) is 6.07 Å². The fraction of sp³-hybridized carbons (Fsp3) is 0.174. The number of thiazole rings is 1. The van der Waals surface area contributed by atoms with Crippen molar-refractivity contribution < 1.29 is 22.7 Å². The molecule has 0 saturated heterocycles. The molecule has 2 heterocycles. The zero-order valence-corrected chi connectivity index (χ0v) is 18.9. The lowest BCUT2D eigenvalue weighted by Crippen LogP contribution is -2.32. The molecule has 0 fully saturated rings. The number of aromatic nitrogens is 1. The molecule has 164 valence electrons. The second kappa shape index (κ2) is 8.68. The Labute approximate surface area is 189 Å². The van der Waals surface area contributed by atoms with Crippen molar-refractivity contribution >= 4 is 38.2 Å². The van der Waals surface area contributed by atoms with Crippen LogP contribution in [0.5, 0.6) is 0 Å². The SMILES string of the molecule is C=CCN(C(=O)C[C@@H]1OC(=O)c2ccccc21)c1nc(-c2ccc(S(C)(=O)=O)cc2)cs1. The molecular formula is C23H20N2O5S2. The number of sulfone groups is 1. The van der Waals surface area contributed by atoms with Crippen LogP contribution in [0.3, 0.4) is 0 Å². The highest BCUT2D eigenvalue weighted by Crippen LogP contribution is 2.35. The lowest BCUT2D eigenvalue weighted by molar-refractivity contribution is -0.120.